The Labute approximate surface area is 183 Å². The van der Waals surface area contributed by atoms with Crippen molar-refractivity contribution >= 4 is 20.2 Å². The molecule has 0 radical (unpaired) electrons. The lowest BCUT2D eigenvalue weighted by atomic mass is 9.88. The number of methoxy groups -OCH3 is 1. The molecule has 0 saturated carbocycles. The van der Waals surface area contributed by atoms with E-state index in [0.29, 0.717) is 0 Å². The van der Waals surface area contributed by atoms with Crippen molar-refractivity contribution in [2.75, 3.05) is 20.3 Å². The third-order valence-corrected chi connectivity index (χ3v) is 7.73. The number of hydrogen-bond acceptors (Lipinski definition) is 8. The van der Waals surface area contributed by atoms with E-state index in [0.717, 1.165) is 11.1 Å². The molecule has 0 spiro atoms. The van der Waals surface area contributed by atoms with Crippen LogP contribution in [0.25, 0.3) is 0 Å². The van der Waals surface area contributed by atoms with Gasteiger partial charge >= 0.3 is 0 Å². The second kappa shape index (κ2) is 8.97. The second-order valence-corrected chi connectivity index (χ2v) is 11.1. The lowest BCUT2D eigenvalue weighted by Gasteiger charge is -2.29. The molecule has 3 rings (SSSR count). The molecule has 0 amide bonds. The highest BCUT2D eigenvalue weighted by Crippen LogP contribution is 2.38. The van der Waals surface area contributed by atoms with Gasteiger partial charge in [-0.3, -0.25) is 8.37 Å². The van der Waals surface area contributed by atoms with E-state index in [2.05, 4.69) is 0 Å². The van der Waals surface area contributed by atoms with Crippen molar-refractivity contribution in [3.63, 3.8) is 0 Å². The van der Waals surface area contributed by atoms with Crippen LogP contribution >= 0.6 is 0 Å². The fourth-order valence-electron chi connectivity index (χ4n) is 3.13. The van der Waals surface area contributed by atoms with Gasteiger partial charge in [-0.1, -0.05) is 42.3 Å². The lowest BCUT2D eigenvalue weighted by molar-refractivity contribution is -0.127. The van der Waals surface area contributed by atoms with Crippen LogP contribution in [0.1, 0.15) is 18.1 Å². The van der Waals surface area contributed by atoms with Gasteiger partial charge in [-0.25, -0.2) is 0 Å². The van der Waals surface area contributed by atoms with Crippen LogP contribution in [0.2, 0.25) is 0 Å². The van der Waals surface area contributed by atoms with E-state index in [1.807, 2.05) is 13.8 Å². The zero-order valence-electron chi connectivity index (χ0n) is 17.8. The van der Waals surface area contributed by atoms with E-state index in [1.165, 1.54) is 31.4 Å². The lowest BCUT2D eigenvalue weighted by Crippen LogP contribution is -2.43. The highest BCUT2D eigenvalue weighted by Gasteiger charge is 2.51. The average molecular weight is 471 g/mol. The number of aryl methyl sites for hydroxylation is 2. The molecule has 3 atom stereocenters. The minimum Gasteiger partial charge on any atom is -0.353 e. The molecular weight excluding hydrogens is 444 g/mol. The van der Waals surface area contributed by atoms with Gasteiger partial charge in [0, 0.05) is 12.5 Å². The summed E-state index contributed by atoms with van der Waals surface area (Å²) in [5, 5.41) is 0. The topological polar surface area (TPSA) is 105 Å². The zero-order valence-corrected chi connectivity index (χ0v) is 19.4. The molecule has 2 aromatic rings. The summed E-state index contributed by atoms with van der Waals surface area (Å²) in [6.07, 6.45) is -2.12. The van der Waals surface area contributed by atoms with Gasteiger partial charge in [0.1, 0.15) is 6.10 Å². The Bertz CT molecular complexity index is 1110. The monoisotopic (exact) mass is 470 g/mol. The largest absolute Gasteiger partial charge is 0.353 e. The van der Waals surface area contributed by atoms with E-state index >= 15 is 0 Å². The smallest absolute Gasteiger partial charge is 0.297 e. The summed E-state index contributed by atoms with van der Waals surface area (Å²) in [4.78, 5) is -0.0101. The fraction of sp³-hybridized carbons (Fsp3) is 0.429. The van der Waals surface area contributed by atoms with Gasteiger partial charge in [0.2, 0.25) is 0 Å². The summed E-state index contributed by atoms with van der Waals surface area (Å²) >= 11 is 0. The molecular formula is C21H26O8S2. The molecule has 31 heavy (non-hydrogen) atoms. The van der Waals surface area contributed by atoms with Gasteiger partial charge in [-0.05, 0) is 38.1 Å². The molecule has 0 bridgehead atoms. The van der Waals surface area contributed by atoms with Gasteiger partial charge < -0.3 is 9.47 Å². The van der Waals surface area contributed by atoms with Crippen LogP contribution in [-0.2, 0) is 38.1 Å². The molecule has 2 aromatic carbocycles. The summed E-state index contributed by atoms with van der Waals surface area (Å²) in [5.74, 6) is 0. The summed E-state index contributed by atoms with van der Waals surface area (Å²) in [5.41, 5.74) is 0.709. The summed E-state index contributed by atoms with van der Waals surface area (Å²) in [7, 11) is -6.85. The molecule has 0 aromatic heterocycles. The van der Waals surface area contributed by atoms with Gasteiger partial charge in [-0.15, -0.1) is 0 Å². The first-order valence-electron chi connectivity index (χ1n) is 9.57. The molecule has 0 unspecified atom stereocenters. The van der Waals surface area contributed by atoms with Crippen LogP contribution in [0, 0.1) is 19.3 Å². The van der Waals surface area contributed by atoms with E-state index in [4.69, 9.17) is 17.8 Å². The summed E-state index contributed by atoms with van der Waals surface area (Å²) < 4.78 is 72.3. The first kappa shape index (κ1) is 23.8. The Morgan fingerprint density at radius 3 is 1.87 bits per heavy atom. The van der Waals surface area contributed by atoms with E-state index in [-0.39, 0.29) is 23.0 Å². The number of benzene rings is 2. The van der Waals surface area contributed by atoms with Crippen LogP contribution in [0.4, 0.5) is 0 Å². The molecule has 0 aliphatic carbocycles. The maximum Gasteiger partial charge on any atom is 0.297 e. The van der Waals surface area contributed by atoms with E-state index in [9.17, 15) is 16.8 Å². The van der Waals surface area contributed by atoms with Crippen molar-refractivity contribution in [1.29, 1.82) is 0 Å². The molecule has 1 aliphatic heterocycles. The Hall–Kier alpha value is -1.82. The highest BCUT2D eigenvalue weighted by atomic mass is 32.2. The van der Waals surface area contributed by atoms with Gasteiger partial charge in [0.05, 0.1) is 23.0 Å². The van der Waals surface area contributed by atoms with Gasteiger partial charge in [-0.2, -0.15) is 16.8 Å². The minimum absolute atomic E-state index is 0.00801. The first-order chi connectivity index (χ1) is 14.5. The molecule has 1 aliphatic rings. The Kier molecular flexibility index (Phi) is 6.90. The van der Waals surface area contributed by atoms with Crippen molar-refractivity contribution in [3.05, 3.63) is 59.7 Å². The number of hydrogen-bond donors (Lipinski definition) is 0. The molecule has 10 heteroatoms. The van der Waals surface area contributed by atoms with Crippen molar-refractivity contribution in [2.24, 2.45) is 5.41 Å². The number of rotatable bonds is 8. The molecule has 8 nitrogen and oxygen atoms in total. The van der Waals surface area contributed by atoms with E-state index in [1.54, 1.807) is 31.2 Å². The Balaban J connectivity index is 1.81. The normalized spacial score (nSPS) is 24.4. The predicted octanol–water partition coefficient (Wildman–Crippen LogP) is 2.79. The standard InChI is InChI=1S/C21H26O8S2/c1-15-5-9-17(10-6-15)30(22,23)28-14-21(3)13-27-20(26-4)19(21)29-31(24,25)18-11-7-16(2)8-12-18/h5-12,19-20H,13-14H2,1-4H3/t19-,20+,21+/m1/s1. The zero-order chi connectivity index (χ0) is 22.9. The Morgan fingerprint density at radius 2 is 1.39 bits per heavy atom. The Morgan fingerprint density at radius 1 is 0.903 bits per heavy atom. The average Bonchev–Trinajstić information content (AvgIpc) is 3.03. The molecule has 1 saturated heterocycles. The van der Waals surface area contributed by atoms with Crippen LogP contribution in [0.5, 0.6) is 0 Å². The predicted molar refractivity (Wildman–Crippen MR) is 112 cm³/mol. The third-order valence-electron chi connectivity index (χ3n) is 5.14. The van der Waals surface area contributed by atoms with Crippen LogP contribution in [-0.4, -0.2) is 49.6 Å². The quantitative estimate of drug-likeness (QED) is 0.543. The van der Waals surface area contributed by atoms with E-state index < -0.39 is 38.0 Å². The van der Waals surface area contributed by atoms with Crippen LogP contribution < -0.4 is 0 Å². The fourth-order valence-corrected chi connectivity index (χ4v) is 5.34. The minimum atomic E-state index is -4.15. The van der Waals surface area contributed by atoms with Crippen LogP contribution in [0.3, 0.4) is 0 Å². The molecule has 1 fully saturated rings. The summed E-state index contributed by atoms with van der Waals surface area (Å²) in [6, 6.07) is 12.4. The van der Waals surface area contributed by atoms with Crippen molar-refractivity contribution in [1.82, 2.24) is 0 Å². The summed E-state index contributed by atoms with van der Waals surface area (Å²) in [6.45, 7) is 4.95. The molecule has 0 N–H and O–H groups in total. The third kappa shape index (κ3) is 5.33. The maximum absolute atomic E-state index is 12.8. The molecule has 170 valence electrons. The number of ether oxygens (including phenoxy) is 2. The molecule has 1 heterocycles. The second-order valence-electron chi connectivity index (χ2n) is 7.88. The van der Waals surface area contributed by atoms with Gasteiger partial charge in [0.15, 0.2) is 6.29 Å². The maximum atomic E-state index is 12.8. The van der Waals surface area contributed by atoms with Gasteiger partial charge in [0.25, 0.3) is 20.2 Å². The first-order valence-corrected chi connectivity index (χ1v) is 12.4. The highest BCUT2D eigenvalue weighted by molar-refractivity contribution is 7.87. The SMILES string of the molecule is CO[C@H]1OC[C@@](C)(COS(=O)(=O)c2ccc(C)cc2)[C@@H]1OS(=O)(=O)c1ccc(C)cc1. The van der Waals surface area contributed by atoms with Crippen molar-refractivity contribution < 1.29 is 34.7 Å². The van der Waals surface area contributed by atoms with Crippen molar-refractivity contribution in [3.8, 4) is 0 Å². The van der Waals surface area contributed by atoms with Crippen LogP contribution in [0.15, 0.2) is 58.3 Å². The van der Waals surface area contributed by atoms with Crippen molar-refractivity contribution in [2.45, 2.75) is 43.0 Å².